The highest BCUT2D eigenvalue weighted by atomic mass is 35.5. The van der Waals surface area contributed by atoms with E-state index in [1.807, 2.05) is 0 Å². The topological polar surface area (TPSA) is 85.8 Å². The zero-order chi connectivity index (χ0) is 18.1. The van der Waals surface area contributed by atoms with Gasteiger partial charge in [0.1, 0.15) is 0 Å². The van der Waals surface area contributed by atoms with Gasteiger partial charge in [-0.3, -0.25) is 4.79 Å². The molecule has 1 amide bonds. The standard InChI is InChI=1S/C12H10Cl2F3N5OS/c1-5-2-3-6(13)9(8(5)14)19-7(23)4-24-11-21-20-10(22(11)18)12(15,16)17/h2-3H,4,18H2,1H3,(H,19,23). The van der Waals surface area contributed by atoms with Gasteiger partial charge in [-0.15, -0.1) is 10.2 Å². The Balaban J connectivity index is 2.05. The summed E-state index contributed by atoms with van der Waals surface area (Å²) in [5.74, 6) is 3.13. The van der Waals surface area contributed by atoms with E-state index in [0.717, 1.165) is 0 Å². The lowest BCUT2D eigenvalue weighted by Gasteiger charge is -2.11. The van der Waals surface area contributed by atoms with Gasteiger partial charge in [0, 0.05) is 0 Å². The fourth-order valence-corrected chi connectivity index (χ4v) is 2.77. The van der Waals surface area contributed by atoms with E-state index in [0.29, 0.717) is 17.3 Å². The quantitative estimate of drug-likeness (QED) is 0.607. The molecular weight excluding hydrogens is 390 g/mol. The number of benzene rings is 1. The number of hydrogen-bond donors (Lipinski definition) is 2. The van der Waals surface area contributed by atoms with E-state index in [9.17, 15) is 18.0 Å². The summed E-state index contributed by atoms with van der Waals surface area (Å²) in [4.78, 5) is 11.9. The van der Waals surface area contributed by atoms with Crippen LogP contribution in [0.1, 0.15) is 11.4 Å². The molecule has 130 valence electrons. The summed E-state index contributed by atoms with van der Waals surface area (Å²) in [7, 11) is 0. The van der Waals surface area contributed by atoms with Crippen LogP contribution in [0.25, 0.3) is 0 Å². The lowest BCUT2D eigenvalue weighted by Crippen LogP contribution is -2.22. The molecule has 6 nitrogen and oxygen atoms in total. The van der Waals surface area contributed by atoms with Crippen molar-refractivity contribution in [3.8, 4) is 0 Å². The summed E-state index contributed by atoms with van der Waals surface area (Å²) in [6.45, 7) is 1.73. The highest BCUT2D eigenvalue weighted by Crippen LogP contribution is 2.33. The van der Waals surface area contributed by atoms with Crippen LogP contribution in [0.4, 0.5) is 18.9 Å². The lowest BCUT2D eigenvalue weighted by molar-refractivity contribution is -0.146. The molecule has 1 heterocycles. The number of amides is 1. The molecule has 1 aromatic carbocycles. The maximum absolute atomic E-state index is 12.6. The highest BCUT2D eigenvalue weighted by molar-refractivity contribution is 7.99. The minimum Gasteiger partial charge on any atom is -0.335 e. The molecule has 0 atom stereocenters. The van der Waals surface area contributed by atoms with Crippen molar-refractivity contribution in [3.63, 3.8) is 0 Å². The van der Waals surface area contributed by atoms with E-state index >= 15 is 0 Å². The number of thioether (sulfide) groups is 1. The maximum Gasteiger partial charge on any atom is 0.453 e. The van der Waals surface area contributed by atoms with Crippen LogP contribution in [0, 0.1) is 6.92 Å². The Bertz CT molecular complexity index is 781. The summed E-state index contributed by atoms with van der Waals surface area (Å²) in [6, 6.07) is 3.25. The fraction of sp³-hybridized carbons (Fsp3) is 0.250. The number of aromatic nitrogens is 3. The van der Waals surface area contributed by atoms with Crippen molar-refractivity contribution in [2.24, 2.45) is 0 Å². The van der Waals surface area contributed by atoms with Gasteiger partial charge in [0.2, 0.25) is 11.1 Å². The number of rotatable bonds is 4. The van der Waals surface area contributed by atoms with Gasteiger partial charge in [0.05, 0.1) is 21.5 Å². The number of hydrogen-bond acceptors (Lipinski definition) is 5. The van der Waals surface area contributed by atoms with Crippen molar-refractivity contribution in [1.82, 2.24) is 14.9 Å². The number of nitrogen functional groups attached to an aromatic ring is 1. The average molecular weight is 400 g/mol. The number of nitrogens with zero attached hydrogens (tertiary/aromatic N) is 3. The number of carbonyl (C=O) groups is 1. The van der Waals surface area contributed by atoms with Crippen molar-refractivity contribution >= 4 is 46.6 Å². The molecule has 12 heteroatoms. The van der Waals surface area contributed by atoms with Crippen LogP contribution in [-0.4, -0.2) is 26.5 Å². The first-order chi connectivity index (χ1) is 11.1. The second kappa shape index (κ2) is 7.08. The second-order valence-corrected chi connectivity index (χ2v) is 6.29. The minimum absolute atomic E-state index is 0.231. The molecule has 1 aromatic heterocycles. The summed E-state index contributed by atoms with van der Waals surface area (Å²) in [5.41, 5.74) is 0.940. The molecule has 0 aliphatic heterocycles. The largest absolute Gasteiger partial charge is 0.453 e. The molecular formula is C12H10Cl2F3N5OS. The van der Waals surface area contributed by atoms with Gasteiger partial charge in [-0.1, -0.05) is 41.0 Å². The van der Waals surface area contributed by atoms with E-state index in [4.69, 9.17) is 29.0 Å². The number of nitrogens with two attached hydrogens (primary N) is 1. The smallest absolute Gasteiger partial charge is 0.335 e. The van der Waals surface area contributed by atoms with Gasteiger partial charge >= 0.3 is 6.18 Å². The molecule has 3 N–H and O–H groups in total. The molecule has 0 bridgehead atoms. The van der Waals surface area contributed by atoms with Crippen molar-refractivity contribution in [2.45, 2.75) is 18.3 Å². The lowest BCUT2D eigenvalue weighted by atomic mass is 10.2. The molecule has 0 aliphatic rings. The first-order valence-electron chi connectivity index (χ1n) is 6.26. The van der Waals surface area contributed by atoms with Gasteiger partial charge in [0.25, 0.3) is 5.82 Å². The third-order valence-corrected chi connectivity index (χ3v) is 4.54. The van der Waals surface area contributed by atoms with Crippen molar-refractivity contribution in [2.75, 3.05) is 16.9 Å². The monoisotopic (exact) mass is 399 g/mol. The number of aryl methyl sites for hydroxylation is 1. The number of halogens is 5. The Morgan fingerprint density at radius 1 is 1.38 bits per heavy atom. The Labute approximate surface area is 148 Å². The molecule has 0 saturated heterocycles. The number of nitrogens with one attached hydrogen (secondary N) is 1. The van der Waals surface area contributed by atoms with E-state index in [1.165, 1.54) is 0 Å². The van der Waals surface area contributed by atoms with E-state index in [1.54, 1.807) is 19.1 Å². The van der Waals surface area contributed by atoms with Crippen LogP contribution in [0.2, 0.25) is 10.0 Å². The highest BCUT2D eigenvalue weighted by Gasteiger charge is 2.38. The first-order valence-corrected chi connectivity index (χ1v) is 8.00. The molecule has 0 spiro atoms. The van der Waals surface area contributed by atoms with Crippen LogP contribution in [-0.2, 0) is 11.0 Å². The predicted molar refractivity (Wildman–Crippen MR) is 85.7 cm³/mol. The van der Waals surface area contributed by atoms with Crippen LogP contribution in [0.3, 0.4) is 0 Å². The average Bonchev–Trinajstić information content (AvgIpc) is 2.86. The molecule has 0 radical (unpaired) electrons. The molecule has 0 saturated carbocycles. The third-order valence-electron chi connectivity index (χ3n) is 2.80. The second-order valence-electron chi connectivity index (χ2n) is 4.56. The molecule has 0 aliphatic carbocycles. The van der Waals surface area contributed by atoms with Gasteiger partial charge < -0.3 is 11.2 Å². The molecule has 2 rings (SSSR count). The van der Waals surface area contributed by atoms with E-state index in [-0.39, 0.29) is 31.3 Å². The van der Waals surface area contributed by atoms with E-state index < -0.39 is 17.9 Å². The Morgan fingerprint density at radius 3 is 2.62 bits per heavy atom. The zero-order valence-electron chi connectivity index (χ0n) is 12.0. The van der Waals surface area contributed by atoms with Crippen LogP contribution in [0.5, 0.6) is 0 Å². The van der Waals surface area contributed by atoms with Crippen molar-refractivity contribution in [1.29, 1.82) is 0 Å². The number of carbonyl (C=O) groups excluding carboxylic acids is 1. The van der Waals surface area contributed by atoms with Crippen molar-refractivity contribution in [3.05, 3.63) is 33.6 Å². The molecule has 24 heavy (non-hydrogen) atoms. The summed E-state index contributed by atoms with van der Waals surface area (Å²) >= 11 is 12.7. The van der Waals surface area contributed by atoms with Crippen molar-refractivity contribution < 1.29 is 18.0 Å². The summed E-state index contributed by atoms with van der Waals surface area (Å²) < 4.78 is 37.9. The van der Waals surface area contributed by atoms with E-state index in [2.05, 4.69) is 15.5 Å². The predicted octanol–water partition coefficient (Wildman–Crippen LogP) is 3.36. The summed E-state index contributed by atoms with van der Waals surface area (Å²) in [6.07, 6.45) is -4.73. The Hall–Kier alpha value is -1.65. The minimum atomic E-state index is -4.73. The third kappa shape index (κ3) is 4.05. The Morgan fingerprint density at radius 2 is 2.04 bits per heavy atom. The number of anilines is 1. The summed E-state index contributed by atoms with van der Waals surface area (Å²) in [5, 5.41) is 9.04. The zero-order valence-corrected chi connectivity index (χ0v) is 14.3. The Kier molecular flexibility index (Phi) is 5.51. The van der Waals surface area contributed by atoms with Gasteiger partial charge in [-0.05, 0) is 18.6 Å². The normalized spacial score (nSPS) is 11.6. The van der Waals surface area contributed by atoms with Gasteiger partial charge in [-0.25, -0.2) is 4.68 Å². The SMILES string of the molecule is Cc1ccc(Cl)c(NC(=O)CSc2nnc(C(F)(F)F)n2N)c1Cl. The van der Waals surface area contributed by atoms with Gasteiger partial charge in [0.15, 0.2) is 0 Å². The maximum atomic E-state index is 12.6. The van der Waals surface area contributed by atoms with Crippen LogP contribution >= 0.6 is 35.0 Å². The first kappa shape index (κ1) is 18.7. The van der Waals surface area contributed by atoms with Gasteiger partial charge in [-0.2, -0.15) is 13.2 Å². The molecule has 2 aromatic rings. The molecule has 0 fully saturated rings. The van der Waals surface area contributed by atoms with Crippen LogP contribution in [0.15, 0.2) is 17.3 Å². The molecule has 0 unspecified atom stereocenters. The van der Waals surface area contributed by atoms with Crippen LogP contribution < -0.4 is 11.2 Å². The number of alkyl halides is 3. The fourth-order valence-electron chi connectivity index (χ4n) is 1.65.